The Bertz CT molecular complexity index is 419. The highest BCUT2D eigenvalue weighted by Gasteiger charge is 2.35. The summed E-state index contributed by atoms with van der Waals surface area (Å²) in [5, 5.41) is 0. The standard InChI is InChI=1S/C11H12FNO2/c1-11(6-13)5-7-4-8(12)2-3-9(7)10(14)15-11/h2-4H,5-6,13H2,1H3. The van der Waals surface area contributed by atoms with Crippen molar-refractivity contribution in [1.82, 2.24) is 0 Å². The van der Waals surface area contributed by atoms with Gasteiger partial charge in [0, 0.05) is 13.0 Å². The molecule has 1 aromatic rings. The number of ether oxygens (including phenoxy) is 1. The van der Waals surface area contributed by atoms with Crippen LogP contribution in [-0.2, 0) is 11.2 Å². The molecule has 0 radical (unpaired) electrons. The molecule has 0 saturated carbocycles. The zero-order chi connectivity index (χ0) is 11.1. The average molecular weight is 209 g/mol. The number of carbonyl (C=O) groups excluding carboxylic acids is 1. The number of cyclic esters (lactones) is 1. The monoisotopic (exact) mass is 209 g/mol. The first-order valence-corrected chi connectivity index (χ1v) is 4.76. The highest BCUT2D eigenvalue weighted by molar-refractivity contribution is 5.92. The van der Waals surface area contributed by atoms with Crippen molar-refractivity contribution in [2.75, 3.05) is 6.54 Å². The molecule has 1 unspecified atom stereocenters. The first-order valence-electron chi connectivity index (χ1n) is 4.76. The van der Waals surface area contributed by atoms with Crippen molar-refractivity contribution in [1.29, 1.82) is 0 Å². The molecule has 15 heavy (non-hydrogen) atoms. The Morgan fingerprint density at radius 3 is 3.00 bits per heavy atom. The Morgan fingerprint density at radius 2 is 2.33 bits per heavy atom. The number of halogens is 1. The lowest BCUT2D eigenvalue weighted by atomic mass is 9.90. The third kappa shape index (κ3) is 1.72. The van der Waals surface area contributed by atoms with Gasteiger partial charge in [-0.3, -0.25) is 0 Å². The molecule has 2 rings (SSSR count). The van der Waals surface area contributed by atoms with Crippen LogP contribution in [0, 0.1) is 5.82 Å². The summed E-state index contributed by atoms with van der Waals surface area (Å²) in [7, 11) is 0. The van der Waals surface area contributed by atoms with Crippen LogP contribution in [0.25, 0.3) is 0 Å². The van der Waals surface area contributed by atoms with Gasteiger partial charge in [0.1, 0.15) is 11.4 Å². The van der Waals surface area contributed by atoms with E-state index in [9.17, 15) is 9.18 Å². The zero-order valence-electron chi connectivity index (χ0n) is 8.42. The minimum atomic E-state index is -0.710. The van der Waals surface area contributed by atoms with Gasteiger partial charge in [-0.05, 0) is 30.7 Å². The molecule has 0 amide bonds. The molecule has 0 aromatic heterocycles. The van der Waals surface area contributed by atoms with Gasteiger partial charge in [0.15, 0.2) is 0 Å². The summed E-state index contributed by atoms with van der Waals surface area (Å²) < 4.78 is 18.2. The van der Waals surface area contributed by atoms with E-state index in [1.54, 1.807) is 6.92 Å². The molecule has 1 aliphatic heterocycles. The topological polar surface area (TPSA) is 52.3 Å². The van der Waals surface area contributed by atoms with Crippen molar-refractivity contribution in [2.24, 2.45) is 5.73 Å². The molecule has 1 aromatic carbocycles. The lowest BCUT2D eigenvalue weighted by molar-refractivity contribution is -0.0111. The number of carbonyl (C=O) groups is 1. The van der Waals surface area contributed by atoms with Gasteiger partial charge < -0.3 is 10.5 Å². The number of nitrogens with two attached hydrogens (primary N) is 1. The third-order valence-electron chi connectivity index (χ3n) is 2.62. The number of hydrogen-bond donors (Lipinski definition) is 1. The summed E-state index contributed by atoms with van der Waals surface area (Å²) in [4.78, 5) is 11.6. The maximum absolute atomic E-state index is 13.0. The maximum atomic E-state index is 13.0. The number of fused-ring (bicyclic) bond motifs is 1. The van der Waals surface area contributed by atoms with Gasteiger partial charge in [-0.2, -0.15) is 0 Å². The molecule has 1 heterocycles. The second kappa shape index (κ2) is 3.31. The number of benzene rings is 1. The predicted molar refractivity (Wildman–Crippen MR) is 53.0 cm³/mol. The van der Waals surface area contributed by atoms with Gasteiger partial charge in [0.25, 0.3) is 0 Å². The van der Waals surface area contributed by atoms with E-state index in [1.165, 1.54) is 18.2 Å². The fourth-order valence-electron chi connectivity index (χ4n) is 1.74. The predicted octanol–water partition coefficient (Wildman–Crippen LogP) is 1.26. The molecule has 0 spiro atoms. The van der Waals surface area contributed by atoms with Crippen molar-refractivity contribution in [2.45, 2.75) is 18.9 Å². The van der Waals surface area contributed by atoms with Crippen LogP contribution in [0.5, 0.6) is 0 Å². The van der Waals surface area contributed by atoms with Crippen molar-refractivity contribution < 1.29 is 13.9 Å². The van der Waals surface area contributed by atoms with Gasteiger partial charge in [-0.25, -0.2) is 9.18 Å². The lowest BCUT2D eigenvalue weighted by Crippen LogP contribution is -2.45. The Kier molecular flexibility index (Phi) is 2.23. The molecular weight excluding hydrogens is 197 g/mol. The quantitative estimate of drug-likeness (QED) is 0.708. The van der Waals surface area contributed by atoms with Crippen LogP contribution in [0.4, 0.5) is 4.39 Å². The zero-order valence-corrected chi connectivity index (χ0v) is 8.42. The molecule has 0 fully saturated rings. The van der Waals surface area contributed by atoms with Crippen LogP contribution in [0.2, 0.25) is 0 Å². The van der Waals surface area contributed by atoms with Crippen LogP contribution in [0.1, 0.15) is 22.8 Å². The first-order chi connectivity index (χ1) is 7.04. The van der Waals surface area contributed by atoms with Crippen molar-refractivity contribution in [3.63, 3.8) is 0 Å². The van der Waals surface area contributed by atoms with E-state index in [0.29, 0.717) is 17.5 Å². The molecule has 0 bridgehead atoms. The van der Waals surface area contributed by atoms with E-state index < -0.39 is 11.6 Å². The average Bonchev–Trinajstić information content (AvgIpc) is 2.16. The highest BCUT2D eigenvalue weighted by atomic mass is 19.1. The summed E-state index contributed by atoms with van der Waals surface area (Å²) >= 11 is 0. The van der Waals surface area contributed by atoms with Gasteiger partial charge >= 0.3 is 5.97 Å². The Balaban J connectivity index is 2.46. The van der Waals surface area contributed by atoms with E-state index in [1.807, 2.05) is 0 Å². The normalized spacial score (nSPS) is 24.6. The summed E-state index contributed by atoms with van der Waals surface area (Å²) in [6.45, 7) is 1.98. The highest BCUT2D eigenvalue weighted by Crippen LogP contribution is 2.27. The van der Waals surface area contributed by atoms with Gasteiger partial charge in [0.05, 0.1) is 5.56 Å². The Labute approximate surface area is 87.0 Å². The van der Waals surface area contributed by atoms with Crippen LogP contribution in [0.15, 0.2) is 18.2 Å². The van der Waals surface area contributed by atoms with Gasteiger partial charge in [0.2, 0.25) is 0 Å². The molecule has 2 N–H and O–H groups in total. The van der Waals surface area contributed by atoms with Crippen LogP contribution in [-0.4, -0.2) is 18.1 Å². The summed E-state index contributed by atoms with van der Waals surface area (Å²) in [6.07, 6.45) is 0.461. The Hall–Kier alpha value is -1.42. The largest absolute Gasteiger partial charge is 0.454 e. The van der Waals surface area contributed by atoms with E-state index >= 15 is 0 Å². The summed E-state index contributed by atoms with van der Waals surface area (Å²) in [5.41, 5.74) is 5.91. The SMILES string of the molecule is CC1(CN)Cc2cc(F)ccc2C(=O)O1. The van der Waals surface area contributed by atoms with E-state index in [-0.39, 0.29) is 12.4 Å². The summed E-state index contributed by atoms with van der Waals surface area (Å²) in [5.74, 6) is -0.771. The van der Waals surface area contributed by atoms with Crippen LogP contribution in [0.3, 0.4) is 0 Å². The molecule has 1 atom stereocenters. The number of hydrogen-bond acceptors (Lipinski definition) is 3. The second-order valence-electron chi connectivity index (χ2n) is 4.02. The second-order valence-corrected chi connectivity index (χ2v) is 4.02. The van der Waals surface area contributed by atoms with E-state index in [4.69, 9.17) is 10.5 Å². The minimum absolute atomic E-state index is 0.231. The molecule has 1 aliphatic rings. The van der Waals surface area contributed by atoms with E-state index in [0.717, 1.165) is 0 Å². The molecular formula is C11H12FNO2. The molecule has 3 nitrogen and oxygen atoms in total. The van der Waals surface area contributed by atoms with Crippen LogP contribution >= 0.6 is 0 Å². The molecule has 80 valence electrons. The smallest absolute Gasteiger partial charge is 0.339 e. The van der Waals surface area contributed by atoms with Gasteiger partial charge in [-0.15, -0.1) is 0 Å². The van der Waals surface area contributed by atoms with Crippen molar-refractivity contribution >= 4 is 5.97 Å². The maximum Gasteiger partial charge on any atom is 0.339 e. The van der Waals surface area contributed by atoms with Crippen molar-refractivity contribution in [3.8, 4) is 0 Å². The Morgan fingerprint density at radius 1 is 1.60 bits per heavy atom. The number of esters is 1. The molecule has 4 heteroatoms. The summed E-state index contributed by atoms with van der Waals surface area (Å²) in [6, 6.07) is 4.07. The third-order valence-corrected chi connectivity index (χ3v) is 2.62. The lowest BCUT2D eigenvalue weighted by Gasteiger charge is -2.33. The van der Waals surface area contributed by atoms with Gasteiger partial charge in [-0.1, -0.05) is 0 Å². The van der Waals surface area contributed by atoms with Crippen molar-refractivity contribution in [3.05, 3.63) is 35.1 Å². The molecule has 0 aliphatic carbocycles. The van der Waals surface area contributed by atoms with E-state index in [2.05, 4.69) is 0 Å². The molecule has 0 saturated heterocycles. The fraction of sp³-hybridized carbons (Fsp3) is 0.364. The minimum Gasteiger partial charge on any atom is -0.454 e. The fourth-order valence-corrected chi connectivity index (χ4v) is 1.74. The number of rotatable bonds is 1. The first kappa shape index (κ1) is 10.1. The van der Waals surface area contributed by atoms with Crippen LogP contribution < -0.4 is 5.73 Å².